The fraction of sp³-hybridized carbons (Fsp3) is 0.600. The van der Waals surface area contributed by atoms with E-state index in [9.17, 15) is 14.7 Å². The zero-order chi connectivity index (χ0) is 27.4. The van der Waals surface area contributed by atoms with Crippen molar-refractivity contribution in [2.45, 2.75) is 77.6 Å². The molecule has 0 radical (unpaired) electrons. The number of carboxylic acids is 1. The molecule has 1 amide bonds. The fourth-order valence-corrected chi connectivity index (χ4v) is 4.25. The minimum atomic E-state index is -1.05. The first-order valence-electron chi connectivity index (χ1n) is 14.1. The highest BCUT2D eigenvalue weighted by Crippen LogP contribution is 2.36. The summed E-state index contributed by atoms with van der Waals surface area (Å²) in [7, 11) is 0. The molecule has 2 aromatic rings. The second kappa shape index (κ2) is 19.3. The van der Waals surface area contributed by atoms with Crippen LogP contribution in [-0.4, -0.2) is 61.7 Å². The van der Waals surface area contributed by atoms with Crippen molar-refractivity contribution in [2.75, 3.05) is 39.6 Å². The third-order valence-corrected chi connectivity index (χ3v) is 6.33. The second-order valence-corrected chi connectivity index (χ2v) is 9.52. The highest BCUT2D eigenvalue weighted by molar-refractivity contribution is 6.05. The van der Waals surface area contributed by atoms with Gasteiger partial charge in [-0.25, -0.2) is 4.79 Å². The van der Waals surface area contributed by atoms with Crippen molar-refractivity contribution in [1.29, 1.82) is 0 Å². The van der Waals surface area contributed by atoms with Gasteiger partial charge in [0.2, 0.25) is 0 Å². The first-order valence-corrected chi connectivity index (χ1v) is 14.1. The summed E-state index contributed by atoms with van der Waals surface area (Å²) >= 11 is 0. The Morgan fingerprint density at radius 2 is 1.42 bits per heavy atom. The summed E-state index contributed by atoms with van der Waals surface area (Å²) in [6.45, 7) is 3.79. The first-order chi connectivity index (χ1) is 18.5. The highest BCUT2D eigenvalue weighted by atomic mass is 16.5. The SMILES string of the molecule is CCCCCCCCCCCCOCCCNC(=O)c1cc(OCCOCC(=O)O)c2ccccc2c1O. The largest absolute Gasteiger partial charge is 0.506 e. The number of benzene rings is 2. The predicted molar refractivity (Wildman–Crippen MR) is 149 cm³/mol. The summed E-state index contributed by atoms with van der Waals surface area (Å²) in [6.07, 6.45) is 13.6. The topological polar surface area (TPSA) is 114 Å². The van der Waals surface area contributed by atoms with Crippen molar-refractivity contribution in [1.82, 2.24) is 5.32 Å². The van der Waals surface area contributed by atoms with Gasteiger partial charge >= 0.3 is 5.97 Å². The molecule has 0 saturated heterocycles. The third-order valence-electron chi connectivity index (χ3n) is 6.33. The summed E-state index contributed by atoms with van der Waals surface area (Å²) < 4.78 is 16.5. The molecule has 212 valence electrons. The van der Waals surface area contributed by atoms with Crippen LogP contribution in [0.5, 0.6) is 11.5 Å². The van der Waals surface area contributed by atoms with Gasteiger partial charge in [0.05, 0.1) is 12.2 Å². The summed E-state index contributed by atoms with van der Waals surface area (Å²) in [5, 5.41) is 23.4. The number of aliphatic carboxylic acids is 1. The summed E-state index contributed by atoms with van der Waals surface area (Å²) in [5.74, 6) is -1.13. The van der Waals surface area contributed by atoms with E-state index in [-0.39, 0.29) is 24.5 Å². The Kier molecular flexibility index (Phi) is 15.9. The number of carbonyl (C=O) groups is 2. The van der Waals surface area contributed by atoms with Crippen LogP contribution in [0.4, 0.5) is 0 Å². The molecule has 0 saturated carbocycles. The lowest BCUT2D eigenvalue weighted by molar-refractivity contribution is -0.142. The Labute approximate surface area is 226 Å². The number of nitrogens with one attached hydrogen (secondary N) is 1. The zero-order valence-electron chi connectivity index (χ0n) is 22.8. The van der Waals surface area contributed by atoms with Crippen LogP contribution in [0.25, 0.3) is 10.8 Å². The highest BCUT2D eigenvalue weighted by Gasteiger charge is 2.17. The van der Waals surface area contributed by atoms with Crippen LogP contribution in [-0.2, 0) is 14.3 Å². The van der Waals surface area contributed by atoms with E-state index in [4.69, 9.17) is 19.3 Å². The smallest absolute Gasteiger partial charge is 0.329 e. The number of carboxylic acid groups (broad SMARTS) is 1. The number of unbranched alkanes of at least 4 members (excludes halogenated alkanes) is 9. The minimum Gasteiger partial charge on any atom is -0.506 e. The number of fused-ring (bicyclic) bond motifs is 1. The molecule has 0 unspecified atom stereocenters. The van der Waals surface area contributed by atoms with Crippen LogP contribution < -0.4 is 10.1 Å². The van der Waals surface area contributed by atoms with Gasteiger partial charge in [0, 0.05) is 30.5 Å². The van der Waals surface area contributed by atoms with Gasteiger partial charge in [-0.1, -0.05) is 89.0 Å². The number of phenolic OH excluding ortho intramolecular Hbond substituents is 1. The molecule has 38 heavy (non-hydrogen) atoms. The van der Waals surface area contributed by atoms with E-state index in [2.05, 4.69) is 12.2 Å². The summed E-state index contributed by atoms with van der Waals surface area (Å²) in [6, 6.07) is 8.60. The molecular formula is C30H45NO7. The Bertz CT molecular complexity index is 963. The Morgan fingerprint density at radius 3 is 2.11 bits per heavy atom. The Balaban J connectivity index is 1.67. The van der Waals surface area contributed by atoms with Gasteiger partial charge in [0.1, 0.15) is 24.7 Å². The molecule has 3 N–H and O–H groups in total. The first kappa shape index (κ1) is 31.4. The summed E-state index contributed by atoms with van der Waals surface area (Å²) in [4.78, 5) is 23.4. The van der Waals surface area contributed by atoms with Crippen LogP contribution in [0.2, 0.25) is 0 Å². The van der Waals surface area contributed by atoms with Gasteiger partial charge in [-0.3, -0.25) is 4.79 Å². The predicted octanol–water partition coefficient (Wildman–Crippen LogP) is 6.08. The van der Waals surface area contributed by atoms with E-state index < -0.39 is 18.5 Å². The van der Waals surface area contributed by atoms with Crippen LogP contribution in [0.3, 0.4) is 0 Å². The number of hydrogen-bond acceptors (Lipinski definition) is 6. The van der Waals surface area contributed by atoms with Crippen molar-refractivity contribution in [3.8, 4) is 11.5 Å². The van der Waals surface area contributed by atoms with Gasteiger partial charge in [0.25, 0.3) is 5.91 Å². The Hall–Kier alpha value is -2.84. The van der Waals surface area contributed by atoms with Gasteiger partial charge in [-0.15, -0.1) is 0 Å². The maximum absolute atomic E-state index is 12.8. The fourth-order valence-electron chi connectivity index (χ4n) is 4.25. The van der Waals surface area contributed by atoms with E-state index in [0.29, 0.717) is 36.1 Å². The van der Waals surface area contributed by atoms with Crippen LogP contribution >= 0.6 is 0 Å². The number of carbonyl (C=O) groups excluding carboxylic acids is 1. The number of phenols is 1. The number of rotatable bonds is 22. The molecule has 0 spiro atoms. The molecule has 0 heterocycles. The van der Waals surface area contributed by atoms with Crippen molar-refractivity contribution in [2.24, 2.45) is 0 Å². The van der Waals surface area contributed by atoms with Crippen molar-refractivity contribution in [3.05, 3.63) is 35.9 Å². The molecule has 8 heteroatoms. The monoisotopic (exact) mass is 531 g/mol. The average Bonchev–Trinajstić information content (AvgIpc) is 2.91. The molecule has 0 aliphatic carbocycles. The van der Waals surface area contributed by atoms with Crippen LogP contribution in [0.15, 0.2) is 30.3 Å². The zero-order valence-corrected chi connectivity index (χ0v) is 22.8. The van der Waals surface area contributed by atoms with E-state index in [1.54, 1.807) is 18.2 Å². The number of hydrogen-bond donors (Lipinski definition) is 3. The second-order valence-electron chi connectivity index (χ2n) is 9.52. The van der Waals surface area contributed by atoms with Crippen molar-refractivity contribution in [3.63, 3.8) is 0 Å². The number of amides is 1. The molecule has 0 aromatic heterocycles. The van der Waals surface area contributed by atoms with Gasteiger partial charge in [0.15, 0.2) is 0 Å². The molecule has 0 aliphatic heterocycles. The van der Waals surface area contributed by atoms with Crippen LogP contribution in [0, 0.1) is 0 Å². The maximum Gasteiger partial charge on any atom is 0.329 e. The standard InChI is InChI=1S/C30H45NO7/c1-2-3-4-5-6-7-8-9-10-13-18-36-19-14-17-31-30(35)26-22-27(38-21-20-37-23-28(32)33)24-15-11-12-16-25(24)29(26)34/h11-12,15-16,22,34H,2-10,13-14,17-21,23H2,1H3,(H,31,35)(H,32,33). The molecule has 0 fully saturated rings. The normalized spacial score (nSPS) is 11.1. The third kappa shape index (κ3) is 12.1. The number of ether oxygens (including phenoxy) is 3. The lowest BCUT2D eigenvalue weighted by atomic mass is 10.0. The van der Waals surface area contributed by atoms with E-state index in [0.717, 1.165) is 13.0 Å². The quantitative estimate of drug-likeness (QED) is 0.158. The summed E-state index contributed by atoms with van der Waals surface area (Å²) in [5.41, 5.74) is 0.122. The molecule has 0 aliphatic rings. The molecule has 8 nitrogen and oxygen atoms in total. The van der Waals surface area contributed by atoms with Gasteiger partial charge in [-0.2, -0.15) is 0 Å². The van der Waals surface area contributed by atoms with Crippen molar-refractivity contribution >= 4 is 22.6 Å². The molecule has 0 bridgehead atoms. The van der Waals surface area contributed by atoms with E-state index in [1.807, 2.05) is 6.07 Å². The number of aromatic hydroxyl groups is 1. The molecular weight excluding hydrogens is 486 g/mol. The van der Waals surface area contributed by atoms with E-state index in [1.165, 1.54) is 63.9 Å². The lowest BCUT2D eigenvalue weighted by Gasteiger charge is -2.14. The van der Waals surface area contributed by atoms with Gasteiger partial charge < -0.3 is 29.7 Å². The van der Waals surface area contributed by atoms with Crippen LogP contribution in [0.1, 0.15) is 87.9 Å². The average molecular weight is 532 g/mol. The molecule has 2 aromatic carbocycles. The minimum absolute atomic E-state index is 0.0855. The molecule has 2 rings (SSSR count). The molecule has 0 atom stereocenters. The van der Waals surface area contributed by atoms with Crippen molar-refractivity contribution < 1.29 is 34.0 Å². The Morgan fingerprint density at radius 1 is 0.789 bits per heavy atom. The maximum atomic E-state index is 12.8. The lowest BCUT2D eigenvalue weighted by Crippen LogP contribution is -2.25. The van der Waals surface area contributed by atoms with Gasteiger partial charge in [-0.05, 0) is 18.9 Å². The van der Waals surface area contributed by atoms with E-state index >= 15 is 0 Å².